The van der Waals surface area contributed by atoms with Crippen molar-refractivity contribution in [3.05, 3.63) is 53.0 Å². The fraction of sp³-hybridized carbons (Fsp3) is 0.476. The number of carbonyl (C=O) groups is 1. The van der Waals surface area contributed by atoms with Crippen LogP contribution >= 0.6 is 24.8 Å². The van der Waals surface area contributed by atoms with Crippen LogP contribution in [0.5, 0.6) is 0 Å². The van der Waals surface area contributed by atoms with E-state index in [4.69, 9.17) is 10.7 Å². The highest BCUT2D eigenvalue weighted by Crippen LogP contribution is 2.20. The molecule has 29 heavy (non-hydrogen) atoms. The highest BCUT2D eigenvalue weighted by molar-refractivity contribution is 5.85. The van der Waals surface area contributed by atoms with E-state index in [9.17, 15) is 4.79 Å². The zero-order valence-corrected chi connectivity index (χ0v) is 19.1. The first-order valence-corrected chi connectivity index (χ1v) is 9.56. The Balaban J connectivity index is 0.00000210. The lowest BCUT2D eigenvalue weighted by Gasteiger charge is -2.36. The molecule has 1 aromatic carbocycles. The van der Waals surface area contributed by atoms with Crippen LogP contribution < -0.4 is 10.6 Å². The monoisotopic (exact) mass is 439 g/mol. The lowest BCUT2D eigenvalue weighted by atomic mass is 10.0. The number of anilines is 1. The van der Waals surface area contributed by atoms with Gasteiger partial charge >= 0.3 is 0 Å². The number of piperazine rings is 1. The molecule has 2 N–H and O–H groups in total. The summed E-state index contributed by atoms with van der Waals surface area (Å²) in [4.78, 5) is 26.1. The molecular weight excluding hydrogens is 409 g/mol. The number of carbonyl (C=O) groups excluding carboxylic acids is 1. The van der Waals surface area contributed by atoms with E-state index in [1.165, 1.54) is 0 Å². The number of rotatable bonds is 4. The Morgan fingerprint density at radius 2 is 1.59 bits per heavy atom. The average Bonchev–Trinajstić information content (AvgIpc) is 2.67. The fourth-order valence-corrected chi connectivity index (χ4v) is 3.26. The van der Waals surface area contributed by atoms with E-state index in [2.05, 4.69) is 23.7 Å². The van der Waals surface area contributed by atoms with Crippen molar-refractivity contribution >= 4 is 36.5 Å². The second-order valence-corrected chi connectivity index (χ2v) is 7.58. The molecular formula is C21H31Cl2N5O. The average molecular weight is 440 g/mol. The van der Waals surface area contributed by atoms with E-state index < -0.39 is 6.04 Å². The van der Waals surface area contributed by atoms with Gasteiger partial charge in [0.25, 0.3) is 0 Å². The van der Waals surface area contributed by atoms with Crippen molar-refractivity contribution in [1.29, 1.82) is 0 Å². The topological polar surface area (TPSA) is 75.4 Å². The van der Waals surface area contributed by atoms with Crippen molar-refractivity contribution in [2.45, 2.75) is 39.7 Å². The van der Waals surface area contributed by atoms with E-state index in [1.807, 2.05) is 49.1 Å². The molecule has 1 atom stereocenters. The van der Waals surface area contributed by atoms with Crippen LogP contribution in [0.15, 0.2) is 30.3 Å². The molecule has 2 aromatic rings. The van der Waals surface area contributed by atoms with Gasteiger partial charge in [0, 0.05) is 43.9 Å². The van der Waals surface area contributed by atoms with Gasteiger partial charge in [-0.3, -0.25) is 4.79 Å². The molecule has 1 amide bonds. The third kappa shape index (κ3) is 6.04. The normalized spacial score (nSPS) is 14.8. The first-order chi connectivity index (χ1) is 12.8. The molecule has 0 spiro atoms. The minimum Gasteiger partial charge on any atom is -0.353 e. The Kier molecular flexibility index (Phi) is 9.33. The molecule has 1 aliphatic heterocycles. The first-order valence-electron chi connectivity index (χ1n) is 9.56. The van der Waals surface area contributed by atoms with Crippen molar-refractivity contribution in [2.24, 2.45) is 5.73 Å². The van der Waals surface area contributed by atoms with Gasteiger partial charge in [0.05, 0.1) is 0 Å². The van der Waals surface area contributed by atoms with Gasteiger partial charge in [-0.05, 0) is 19.4 Å². The van der Waals surface area contributed by atoms with Gasteiger partial charge in [-0.1, -0.05) is 43.7 Å². The van der Waals surface area contributed by atoms with Crippen LogP contribution in [-0.2, 0) is 4.79 Å². The number of amides is 1. The molecule has 1 aliphatic rings. The summed E-state index contributed by atoms with van der Waals surface area (Å²) in [6, 6.07) is 9.26. The largest absolute Gasteiger partial charge is 0.353 e. The molecule has 1 saturated heterocycles. The van der Waals surface area contributed by atoms with E-state index in [1.54, 1.807) is 0 Å². The van der Waals surface area contributed by atoms with Gasteiger partial charge in [-0.2, -0.15) is 0 Å². The third-order valence-electron chi connectivity index (χ3n) is 4.99. The second kappa shape index (κ2) is 10.8. The summed E-state index contributed by atoms with van der Waals surface area (Å²) >= 11 is 0. The van der Waals surface area contributed by atoms with Gasteiger partial charge in [-0.25, -0.2) is 9.97 Å². The van der Waals surface area contributed by atoms with Crippen molar-refractivity contribution in [3.63, 3.8) is 0 Å². The highest BCUT2D eigenvalue weighted by atomic mass is 35.5. The summed E-state index contributed by atoms with van der Waals surface area (Å²) in [5.41, 5.74) is 9.21. The molecule has 3 rings (SSSR count). The molecule has 0 saturated carbocycles. The van der Waals surface area contributed by atoms with Crippen LogP contribution in [0.3, 0.4) is 0 Å². The number of nitrogens with two attached hydrogens (primary N) is 1. The Labute approximate surface area is 185 Å². The SMILES string of the molecule is Cc1ccc(C(N)C(=O)N2CCN(c3cc(C)nc(C(C)C)n3)CC2)cc1.Cl.Cl. The standard InChI is InChI=1S/C21H29N5O.2ClH/c1-14(2)20-23-16(4)13-18(24-20)25-9-11-26(12-10-25)21(27)19(22)17-7-5-15(3)6-8-17;;/h5-8,13-14,19H,9-12,22H2,1-4H3;2*1H. The lowest BCUT2D eigenvalue weighted by Crippen LogP contribution is -2.51. The van der Waals surface area contributed by atoms with Crippen LogP contribution in [-0.4, -0.2) is 47.0 Å². The van der Waals surface area contributed by atoms with E-state index in [0.717, 1.165) is 41.6 Å². The Hall–Kier alpha value is -1.89. The van der Waals surface area contributed by atoms with Gasteiger partial charge < -0.3 is 15.5 Å². The molecule has 1 unspecified atom stereocenters. The predicted molar refractivity (Wildman–Crippen MR) is 122 cm³/mol. The van der Waals surface area contributed by atoms with Crippen LogP contribution in [0.4, 0.5) is 5.82 Å². The maximum absolute atomic E-state index is 12.8. The predicted octanol–water partition coefficient (Wildman–Crippen LogP) is 3.41. The van der Waals surface area contributed by atoms with Gasteiger partial charge in [0.2, 0.25) is 5.91 Å². The summed E-state index contributed by atoms with van der Waals surface area (Å²) in [5, 5.41) is 0. The summed E-state index contributed by atoms with van der Waals surface area (Å²) in [7, 11) is 0. The summed E-state index contributed by atoms with van der Waals surface area (Å²) < 4.78 is 0. The smallest absolute Gasteiger partial charge is 0.244 e. The van der Waals surface area contributed by atoms with Crippen LogP contribution in [0.2, 0.25) is 0 Å². The van der Waals surface area contributed by atoms with Crippen molar-refractivity contribution in [1.82, 2.24) is 14.9 Å². The zero-order valence-electron chi connectivity index (χ0n) is 17.5. The Morgan fingerprint density at radius 1 is 1.00 bits per heavy atom. The lowest BCUT2D eigenvalue weighted by molar-refractivity contribution is -0.133. The fourth-order valence-electron chi connectivity index (χ4n) is 3.26. The molecule has 0 aliphatic carbocycles. The number of benzene rings is 1. The summed E-state index contributed by atoms with van der Waals surface area (Å²) in [6.07, 6.45) is 0. The third-order valence-corrected chi connectivity index (χ3v) is 4.99. The Morgan fingerprint density at radius 3 is 2.14 bits per heavy atom. The number of aryl methyl sites for hydroxylation is 2. The number of hydrogen-bond donors (Lipinski definition) is 1. The highest BCUT2D eigenvalue weighted by Gasteiger charge is 2.27. The molecule has 0 radical (unpaired) electrons. The minimum absolute atomic E-state index is 0. The second-order valence-electron chi connectivity index (χ2n) is 7.58. The molecule has 160 valence electrons. The maximum Gasteiger partial charge on any atom is 0.244 e. The summed E-state index contributed by atoms with van der Waals surface area (Å²) in [6.45, 7) is 11.0. The summed E-state index contributed by atoms with van der Waals surface area (Å²) in [5.74, 6) is 2.09. The molecule has 8 heteroatoms. The van der Waals surface area contributed by atoms with E-state index >= 15 is 0 Å². The molecule has 1 aromatic heterocycles. The number of aromatic nitrogens is 2. The van der Waals surface area contributed by atoms with E-state index in [0.29, 0.717) is 19.0 Å². The molecule has 2 heterocycles. The quantitative estimate of drug-likeness (QED) is 0.789. The van der Waals surface area contributed by atoms with Crippen molar-refractivity contribution < 1.29 is 4.79 Å². The van der Waals surface area contributed by atoms with E-state index in [-0.39, 0.29) is 30.7 Å². The zero-order chi connectivity index (χ0) is 19.6. The van der Waals surface area contributed by atoms with Crippen molar-refractivity contribution in [2.75, 3.05) is 31.1 Å². The molecule has 1 fully saturated rings. The minimum atomic E-state index is -0.606. The van der Waals surface area contributed by atoms with Crippen molar-refractivity contribution in [3.8, 4) is 0 Å². The number of hydrogen-bond acceptors (Lipinski definition) is 5. The van der Waals surface area contributed by atoms with Gasteiger partial charge in [-0.15, -0.1) is 24.8 Å². The van der Waals surface area contributed by atoms with Crippen LogP contribution in [0, 0.1) is 13.8 Å². The maximum atomic E-state index is 12.8. The van der Waals surface area contributed by atoms with Gasteiger partial charge in [0.1, 0.15) is 17.7 Å². The molecule has 6 nitrogen and oxygen atoms in total. The first kappa shape index (κ1) is 25.1. The van der Waals surface area contributed by atoms with Gasteiger partial charge in [0.15, 0.2) is 0 Å². The number of nitrogens with zero attached hydrogens (tertiary/aromatic N) is 4. The van der Waals surface area contributed by atoms with Crippen LogP contribution in [0.1, 0.15) is 48.5 Å². The Bertz CT molecular complexity index is 805. The van der Waals surface area contributed by atoms with Crippen LogP contribution in [0.25, 0.3) is 0 Å². The number of halogens is 2. The molecule has 0 bridgehead atoms.